The van der Waals surface area contributed by atoms with Gasteiger partial charge in [0.2, 0.25) is 0 Å². The molecule has 0 aromatic heterocycles. The second-order valence-corrected chi connectivity index (χ2v) is 0.224. The van der Waals surface area contributed by atoms with Crippen molar-refractivity contribution in [3.05, 3.63) is 15.3 Å². The van der Waals surface area contributed by atoms with Crippen molar-refractivity contribution >= 4 is 0 Å². The van der Waals surface area contributed by atoms with Gasteiger partial charge in [-0.2, -0.15) is 0 Å². The fraction of sp³-hybridized carbons (Fsp3) is 0. The van der Waals surface area contributed by atoms with Crippen molar-refractivity contribution in [2.24, 2.45) is 1.27 Å². The van der Waals surface area contributed by atoms with Crippen LogP contribution in [0.4, 0.5) is 0 Å². The van der Waals surface area contributed by atoms with E-state index in [0.29, 0.717) is 43.2 Å². The van der Waals surface area contributed by atoms with Crippen LogP contribution in [0.3, 0.4) is 0 Å². The summed E-state index contributed by atoms with van der Waals surface area (Å²) < 4.78 is 4.71. The topological polar surface area (TPSA) is 92.2 Å². The van der Waals surface area contributed by atoms with Gasteiger partial charge in [0.15, 0.2) is 0 Å². The average molecular weight is 304 g/mol. The van der Waals surface area contributed by atoms with Crippen LogP contribution in [0.1, 0.15) is 0 Å². The fourth-order valence-corrected chi connectivity index (χ4v) is 0. The molecule has 32 valence electrons. The normalized spacial score (nSPS) is 5.17. The fourth-order valence-electron chi connectivity index (χ4n) is 0. The Balaban J connectivity index is 0. The molecule has 0 bridgehead atoms. The van der Waals surface area contributed by atoms with Crippen LogP contribution in [-0.4, -0.2) is 5.09 Å². The van der Waals surface area contributed by atoms with Crippen molar-refractivity contribution in [2.45, 2.75) is 0 Å². The third-order valence-corrected chi connectivity index (χ3v) is 0. The number of nitrogens with zero attached hydrogens (tertiary/aromatic N) is 1. The van der Waals surface area contributed by atoms with E-state index in [9.17, 15) is 0 Å². The predicted molar refractivity (Wildman–Crippen MR) is 14.5 cm³/mol. The predicted octanol–water partition coefficient (Wildman–Crippen LogP) is -0.830. The molecule has 0 saturated carbocycles. The summed E-state index contributed by atoms with van der Waals surface area (Å²) in [4.78, 5) is 8.25. The number of rotatable bonds is 0. The molecule has 6 heteroatoms. The van der Waals surface area contributed by atoms with Crippen molar-refractivity contribution in [1.82, 2.24) is 0 Å². The van der Waals surface area contributed by atoms with Crippen LogP contribution >= 0.6 is 0 Å². The van der Waals surface area contributed by atoms with Gasteiger partial charge in [0.25, 0.3) is 0 Å². The summed E-state index contributed by atoms with van der Waals surface area (Å²) in [5, 5.41) is 14.8. The van der Waals surface area contributed by atoms with Crippen LogP contribution in [0.15, 0.2) is 0 Å². The Hall–Kier alpha value is 0.628. The standard InChI is InChI=1S/NO3.H2N.Ra/c2-1(3)4;;/h;1H2;/q2*-1;+2. The summed E-state index contributed by atoms with van der Waals surface area (Å²) in [6, 6.07) is 0. The van der Waals surface area contributed by atoms with Crippen LogP contribution in [0, 0.1) is 58.5 Å². The second kappa shape index (κ2) is 9.16. The first-order valence-electron chi connectivity index (χ1n) is 0.956. The van der Waals surface area contributed by atoms with Gasteiger partial charge in [-0.1, -0.05) is 0 Å². The Morgan fingerprint density at radius 2 is 1.50 bits per heavy atom. The van der Waals surface area contributed by atoms with Gasteiger partial charge >= 0.3 is 44.5 Å². The van der Waals surface area contributed by atoms with Gasteiger partial charge in [0, 0.05) is 0 Å². The Morgan fingerprint density at radius 1 is 1.50 bits per heavy atom. The molecule has 0 aromatic carbocycles. The number of nitrogens with two attached hydrogens (primary N) is 1. The quantitative estimate of drug-likeness (QED) is 0.467. The van der Waals surface area contributed by atoms with Crippen molar-refractivity contribution in [3.8, 4) is 0 Å². The Morgan fingerprint density at radius 3 is 1.50 bits per heavy atom. The monoisotopic (exact) mass is 304 g/mol. The Kier molecular flexibility index (Phi) is 15.0. The zero-order chi connectivity index (χ0) is 5.58. The zero-order valence-corrected chi connectivity index (χ0v) is 8.77. The molecule has 0 rings (SSSR count). The van der Waals surface area contributed by atoms with Crippen LogP contribution in [0.2, 0.25) is 0 Å². The molecule has 0 heterocycles. The molecule has 0 saturated heterocycles. The van der Waals surface area contributed by atoms with E-state index >= 15 is 0 Å². The SMILES string of the molecule is O=[N+]([O-])[O-].[NH2][Ra+]. The average Bonchev–Trinajstić information content (AvgIpc) is 1.41. The summed E-state index contributed by atoms with van der Waals surface area (Å²) in [5.41, 5.74) is 0. The minimum atomic E-state index is -1.75. The van der Waals surface area contributed by atoms with E-state index in [4.69, 9.17) is 16.6 Å². The van der Waals surface area contributed by atoms with Crippen LogP contribution in [0.5, 0.6) is 0 Å². The van der Waals surface area contributed by atoms with E-state index < -0.39 is 5.09 Å². The van der Waals surface area contributed by atoms with Crippen LogP contribution in [0.25, 0.3) is 0 Å². The summed E-state index contributed by atoms with van der Waals surface area (Å²) in [7, 11) is 0. The zero-order valence-electron chi connectivity index (χ0n) is 2.96. The first-order valence-corrected chi connectivity index (χ1v) is 4.31. The second-order valence-electron chi connectivity index (χ2n) is 0.224. The summed E-state index contributed by atoms with van der Waals surface area (Å²) in [6.45, 7) is 0. The molecular weight excluding hydrogens is 302 g/mol. The van der Waals surface area contributed by atoms with Gasteiger partial charge in [-0.25, -0.2) is 0 Å². The Bertz CT molecular complexity index is 31.8. The molecule has 2 N–H and O–H groups in total. The van der Waals surface area contributed by atoms with E-state index in [1.54, 1.807) is 0 Å². The molecule has 0 aliphatic rings. The first-order chi connectivity index (χ1) is 2.73. The van der Waals surface area contributed by atoms with E-state index in [0.717, 1.165) is 0 Å². The molecule has 0 amide bonds. The van der Waals surface area contributed by atoms with E-state index in [1.165, 1.54) is 0 Å². The van der Waals surface area contributed by atoms with Gasteiger partial charge in [-0.3, -0.25) is 0 Å². The van der Waals surface area contributed by atoms with Crippen molar-refractivity contribution < 1.29 is 48.3 Å². The minimum absolute atomic E-state index is 0.454. The van der Waals surface area contributed by atoms with Crippen molar-refractivity contribution in [1.29, 1.82) is 0 Å². The molecule has 0 aromatic rings. The number of hydrogen-bond donors (Lipinski definition) is 1. The maximum atomic E-state index is 8.25. The molecule has 6 heavy (non-hydrogen) atoms. The van der Waals surface area contributed by atoms with Gasteiger partial charge in [0.1, 0.15) is 0 Å². The summed E-state index contributed by atoms with van der Waals surface area (Å²) in [6.07, 6.45) is 0. The van der Waals surface area contributed by atoms with Crippen molar-refractivity contribution in [3.63, 3.8) is 0 Å². The van der Waals surface area contributed by atoms with Crippen LogP contribution < -0.4 is 1.27 Å². The van der Waals surface area contributed by atoms with E-state index in [-0.39, 0.29) is 0 Å². The third kappa shape index (κ3) is 155. The molecule has 0 spiro atoms. The van der Waals surface area contributed by atoms with Crippen molar-refractivity contribution in [2.75, 3.05) is 0 Å². The molecule has 0 unspecified atom stereocenters. The van der Waals surface area contributed by atoms with Gasteiger partial charge in [-0.05, 0) is 0 Å². The first kappa shape index (κ1) is 9.80. The molecule has 0 fully saturated rings. The molecule has 5 nitrogen and oxygen atoms in total. The van der Waals surface area contributed by atoms with E-state index in [1.807, 2.05) is 0 Å². The molecule has 0 atom stereocenters. The molecule has 0 aliphatic carbocycles. The third-order valence-electron chi connectivity index (χ3n) is 0. The van der Waals surface area contributed by atoms with E-state index in [2.05, 4.69) is 0 Å². The Labute approximate surface area is 64.2 Å². The maximum absolute atomic E-state index is 8.25. The van der Waals surface area contributed by atoms with Gasteiger partial charge in [0.05, 0.1) is 5.09 Å². The summed E-state index contributed by atoms with van der Waals surface area (Å²) >= 11 is 0.454. The number of hydrogen-bond acceptors (Lipinski definition) is 4. The molecule has 0 aliphatic heterocycles. The summed E-state index contributed by atoms with van der Waals surface area (Å²) in [5.74, 6) is 0. The van der Waals surface area contributed by atoms with Gasteiger partial charge < -0.3 is 15.3 Å². The molecular formula is H2N2O3Ra. The van der Waals surface area contributed by atoms with Crippen LogP contribution in [-0.2, 0) is 0 Å². The molecule has 0 radical (unpaired) electrons. The van der Waals surface area contributed by atoms with Gasteiger partial charge in [-0.15, -0.1) is 0 Å².